The van der Waals surface area contributed by atoms with Crippen LogP contribution in [0.25, 0.3) is 33.5 Å². The van der Waals surface area contributed by atoms with Crippen molar-refractivity contribution in [3.8, 4) is 33.5 Å². The third kappa shape index (κ3) is 6.69. The van der Waals surface area contributed by atoms with Crippen molar-refractivity contribution in [1.82, 2.24) is 35.0 Å². The Hall–Kier alpha value is -4.08. The highest BCUT2D eigenvalue weighted by atomic mass is 35.5. The van der Waals surface area contributed by atoms with Crippen LogP contribution in [0, 0.1) is 23.3 Å². The molecule has 16 heteroatoms. The van der Waals surface area contributed by atoms with Gasteiger partial charge in [-0.05, 0) is 54.8 Å². The van der Waals surface area contributed by atoms with Gasteiger partial charge in [-0.15, -0.1) is 33.1 Å². The molecule has 42 heavy (non-hydrogen) atoms. The molecule has 0 fully saturated rings. The Labute approximate surface area is 248 Å². The van der Waals surface area contributed by atoms with Gasteiger partial charge < -0.3 is 13.6 Å². The lowest BCUT2D eigenvalue weighted by molar-refractivity contribution is 0.390. The summed E-state index contributed by atoms with van der Waals surface area (Å²) in [4.78, 5) is 8.97. The molecule has 0 saturated carbocycles. The van der Waals surface area contributed by atoms with Crippen LogP contribution >= 0.6 is 34.7 Å². The number of benzene rings is 2. The van der Waals surface area contributed by atoms with E-state index in [0.29, 0.717) is 18.2 Å². The Kier molecular flexibility index (Phi) is 9.29. The molecule has 0 saturated heterocycles. The van der Waals surface area contributed by atoms with E-state index in [2.05, 4.69) is 35.0 Å². The highest BCUT2D eigenvalue weighted by Crippen LogP contribution is 2.29. The van der Waals surface area contributed by atoms with Gasteiger partial charge in [-0.25, -0.2) is 17.6 Å². The van der Waals surface area contributed by atoms with Crippen molar-refractivity contribution < 1.29 is 26.6 Å². The highest BCUT2D eigenvalue weighted by molar-refractivity contribution is 7.98. The van der Waals surface area contributed by atoms with Crippen LogP contribution in [-0.2, 0) is 18.2 Å². The van der Waals surface area contributed by atoms with Crippen LogP contribution in [0.3, 0.4) is 0 Å². The van der Waals surface area contributed by atoms with Gasteiger partial charge in [0.05, 0.1) is 21.8 Å². The van der Waals surface area contributed by atoms with Crippen LogP contribution in [-0.4, -0.2) is 35.0 Å². The molecule has 0 N–H and O–H groups in total. The summed E-state index contributed by atoms with van der Waals surface area (Å²) in [5.74, 6) is -0.716. The zero-order valence-electron chi connectivity index (χ0n) is 21.5. The Morgan fingerprint density at radius 3 is 2.02 bits per heavy atom. The summed E-state index contributed by atoms with van der Waals surface area (Å²) < 4.78 is 65.1. The Bertz CT molecular complexity index is 1790. The van der Waals surface area contributed by atoms with Gasteiger partial charge in [0.25, 0.3) is 0 Å². The third-order valence-electron chi connectivity index (χ3n) is 5.49. The second-order valence-electron chi connectivity index (χ2n) is 8.22. The molecule has 2 aromatic carbocycles. The van der Waals surface area contributed by atoms with Crippen molar-refractivity contribution in [2.75, 3.05) is 0 Å². The molecule has 0 bridgehead atoms. The second kappa shape index (κ2) is 13.3. The van der Waals surface area contributed by atoms with E-state index in [0.717, 1.165) is 52.3 Å². The number of alkyl halides is 1. The molecule has 9 nitrogen and oxygen atoms in total. The lowest BCUT2D eigenvalue weighted by atomic mass is 10.2. The van der Waals surface area contributed by atoms with Gasteiger partial charge in [-0.2, -0.15) is 9.97 Å². The largest absolute Gasteiger partial charge is 0.338 e. The summed E-state index contributed by atoms with van der Waals surface area (Å²) in [6.07, 6.45) is 0. The van der Waals surface area contributed by atoms with E-state index in [9.17, 15) is 17.6 Å². The Balaban J connectivity index is 0.000000199. The molecule has 4 aromatic heterocycles. The first-order valence-electron chi connectivity index (χ1n) is 12.1. The Morgan fingerprint density at radius 1 is 0.857 bits per heavy atom. The van der Waals surface area contributed by atoms with E-state index in [1.807, 2.05) is 29.0 Å². The molecular formula is C26H18ClF4N7O2S2. The number of halogens is 5. The van der Waals surface area contributed by atoms with Crippen LogP contribution in [0.4, 0.5) is 17.6 Å². The molecule has 0 unspecified atom stereocenters. The molecular weight excluding hydrogens is 618 g/mol. The average Bonchev–Trinajstić information content (AvgIpc) is 3.81. The maximum absolute atomic E-state index is 13.8. The maximum atomic E-state index is 13.8. The number of rotatable bonds is 8. The number of aromatic nitrogens is 7. The summed E-state index contributed by atoms with van der Waals surface area (Å²) in [7, 11) is 0. The van der Waals surface area contributed by atoms with E-state index in [-0.39, 0.29) is 34.5 Å². The summed E-state index contributed by atoms with van der Waals surface area (Å²) in [6, 6.07) is 10.1. The number of hydrogen-bond acceptors (Lipinski definition) is 10. The van der Waals surface area contributed by atoms with Crippen molar-refractivity contribution in [2.45, 2.75) is 30.3 Å². The molecule has 6 rings (SSSR count). The topological polar surface area (TPSA) is 109 Å². The first-order valence-corrected chi connectivity index (χ1v) is 14.5. The average molecular weight is 636 g/mol. The van der Waals surface area contributed by atoms with Gasteiger partial charge in [0, 0.05) is 6.54 Å². The molecule has 6 aromatic rings. The van der Waals surface area contributed by atoms with E-state index < -0.39 is 23.3 Å². The minimum Gasteiger partial charge on any atom is -0.338 e. The molecule has 4 heterocycles. The van der Waals surface area contributed by atoms with Crippen LogP contribution in [0.2, 0.25) is 0 Å². The summed E-state index contributed by atoms with van der Waals surface area (Å²) in [5.41, 5.74) is -0.0816. The van der Waals surface area contributed by atoms with Crippen LogP contribution in [0.15, 0.2) is 68.1 Å². The molecule has 0 radical (unpaired) electrons. The van der Waals surface area contributed by atoms with Crippen molar-refractivity contribution >= 4 is 34.7 Å². The number of hydrogen-bond donors (Lipinski definition) is 0. The molecule has 0 aliphatic heterocycles. The first kappa shape index (κ1) is 29.4. The predicted octanol–water partition coefficient (Wildman–Crippen LogP) is 7.40. The van der Waals surface area contributed by atoms with Crippen LogP contribution in [0.1, 0.15) is 18.7 Å². The van der Waals surface area contributed by atoms with Gasteiger partial charge in [0.15, 0.2) is 11.0 Å². The number of thioether (sulfide) groups is 1. The van der Waals surface area contributed by atoms with Crippen molar-refractivity contribution in [2.24, 2.45) is 0 Å². The lowest BCUT2D eigenvalue weighted by Crippen LogP contribution is -1.99. The van der Waals surface area contributed by atoms with Gasteiger partial charge >= 0.3 is 0 Å². The van der Waals surface area contributed by atoms with Crippen LogP contribution < -0.4 is 0 Å². The zero-order chi connectivity index (χ0) is 29.6. The monoisotopic (exact) mass is 635 g/mol. The van der Waals surface area contributed by atoms with E-state index in [4.69, 9.17) is 16.1 Å². The van der Waals surface area contributed by atoms with Crippen LogP contribution in [0.5, 0.6) is 0 Å². The smallest absolute Gasteiger partial charge is 0.241 e. The standard InChI is InChI=1S/C17H13F2N5OS2.C9H5ClF2N2O/c1-2-24-16(13-4-3-7-26-13)21-22-17(24)27-9-14-20-15(23-25-14)11-8-10(18)5-6-12(11)19;10-4-8-13-9(14-15-8)6-3-5(11)1-2-7(6)12/h3-8H,2,9H2,1H3;1-3H,4H2. The predicted molar refractivity (Wildman–Crippen MR) is 147 cm³/mol. The molecule has 0 aliphatic carbocycles. The molecule has 216 valence electrons. The fraction of sp³-hybridized carbons (Fsp3) is 0.154. The van der Waals surface area contributed by atoms with Crippen molar-refractivity contribution in [1.29, 1.82) is 0 Å². The maximum Gasteiger partial charge on any atom is 0.241 e. The third-order valence-corrected chi connectivity index (χ3v) is 7.53. The second-order valence-corrected chi connectivity index (χ2v) is 10.4. The fourth-order valence-corrected chi connectivity index (χ4v) is 5.24. The quantitative estimate of drug-likeness (QED) is 0.0960. The molecule has 0 aliphatic rings. The van der Waals surface area contributed by atoms with Gasteiger partial charge in [-0.3, -0.25) is 0 Å². The molecule has 0 spiro atoms. The summed E-state index contributed by atoms with van der Waals surface area (Å²) in [6.45, 7) is 2.73. The normalized spacial score (nSPS) is 11.0. The number of nitrogens with zero attached hydrogens (tertiary/aromatic N) is 7. The molecule has 0 atom stereocenters. The van der Waals surface area contributed by atoms with Gasteiger partial charge in [0.1, 0.15) is 29.1 Å². The SMILES string of the molecule is CCn1c(SCc2nc(-c3cc(F)ccc3F)no2)nnc1-c1cccs1.Fc1ccc(F)c(-c2noc(CCl)n2)c1. The van der Waals surface area contributed by atoms with E-state index in [1.54, 1.807) is 11.3 Å². The highest BCUT2D eigenvalue weighted by Gasteiger charge is 2.18. The van der Waals surface area contributed by atoms with Gasteiger partial charge in [0.2, 0.25) is 23.4 Å². The molecule has 0 amide bonds. The van der Waals surface area contributed by atoms with E-state index >= 15 is 0 Å². The summed E-state index contributed by atoms with van der Waals surface area (Å²) >= 11 is 8.42. The summed E-state index contributed by atoms with van der Waals surface area (Å²) in [5, 5.41) is 18.4. The van der Waals surface area contributed by atoms with E-state index in [1.165, 1.54) is 11.8 Å². The van der Waals surface area contributed by atoms with Crippen molar-refractivity contribution in [3.05, 3.63) is 89.0 Å². The Morgan fingerprint density at radius 2 is 1.48 bits per heavy atom. The number of thiophene rings is 1. The lowest BCUT2D eigenvalue weighted by Gasteiger charge is -2.04. The van der Waals surface area contributed by atoms with Crippen molar-refractivity contribution in [3.63, 3.8) is 0 Å². The minimum absolute atomic E-state index is 0.0114. The zero-order valence-corrected chi connectivity index (χ0v) is 23.9. The minimum atomic E-state index is -0.613. The van der Waals surface area contributed by atoms with Gasteiger partial charge in [-0.1, -0.05) is 28.1 Å². The fourth-order valence-electron chi connectivity index (χ4n) is 3.57. The first-order chi connectivity index (χ1) is 20.4.